The van der Waals surface area contributed by atoms with Crippen LogP contribution in [0.2, 0.25) is 0 Å². The van der Waals surface area contributed by atoms with Crippen LogP contribution in [0.1, 0.15) is 16.1 Å². The number of likely N-dealkylation sites (tertiary alicyclic amines) is 1. The van der Waals surface area contributed by atoms with E-state index in [-0.39, 0.29) is 17.5 Å². The number of carbonyl (C=O) groups excluding carboxylic acids is 1. The molecule has 1 aromatic carbocycles. The molecule has 1 amide bonds. The van der Waals surface area contributed by atoms with Crippen LogP contribution in [-0.4, -0.2) is 87.7 Å². The van der Waals surface area contributed by atoms with Crippen molar-refractivity contribution < 1.29 is 9.53 Å². The number of hydrogen-bond acceptors (Lipinski definition) is 5. The second kappa shape index (κ2) is 6.99. The van der Waals surface area contributed by atoms with Gasteiger partial charge in [-0.1, -0.05) is 18.2 Å². The van der Waals surface area contributed by atoms with E-state index < -0.39 is 0 Å². The van der Waals surface area contributed by atoms with Gasteiger partial charge in [0.25, 0.3) is 5.91 Å². The molecule has 1 unspecified atom stereocenters. The van der Waals surface area contributed by atoms with Crippen LogP contribution in [0.5, 0.6) is 0 Å². The van der Waals surface area contributed by atoms with Crippen molar-refractivity contribution in [2.24, 2.45) is 7.05 Å². The molecule has 3 fully saturated rings. The van der Waals surface area contributed by atoms with Crippen molar-refractivity contribution in [2.45, 2.75) is 18.1 Å². The molecule has 148 valence electrons. The van der Waals surface area contributed by atoms with Gasteiger partial charge in [-0.15, -0.1) is 0 Å². The van der Waals surface area contributed by atoms with Crippen LogP contribution in [0.4, 0.5) is 0 Å². The molecule has 0 radical (unpaired) electrons. The highest BCUT2D eigenvalue weighted by Crippen LogP contribution is 2.36. The number of morpholine rings is 1. The van der Waals surface area contributed by atoms with E-state index in [0.29, 0.717) is 6.61 Å². The summed E-state index contributed by atoms with van der Waals surface area (Å²) in [7, 11) is 2.04. The van der Waals surface area contributed by atoms with Crippen LogP contribution >= 0.6 is 0 Å². The highest BCUT2D eigenvalue weighted by atomic mass is 16.5. The number of imidazole rings is 1. The lowest BCUT2D eigenvalue weighted by Gasteiger charge is -2.63. The first-order valence-electron chi connectivity index (χ1n) is 10.0. The highest BCUT2D eigenvalue weighted by Gasteiger charge is 2.54. The number of amides is 1. The third-order valence-electron chi connectivity index (χ3n) is 6.40. The molecule has 0 aliphatic carbocycles. The minimum atomic E-state index is 0.0374. The molecular formula is C21H27N5O2. The zero-order valence-corrected chi connectivity index (χ0v) is 16.3. The fraction of sp³-hybridized carbons (Fsp3) is 0.524. The normalized spacial score (nSPS) is 24.8. The molecule has 1 aromatic heterocycles. The number of ether oxygens (including phenoxy) is 1. The average Bonchev–Trinajstić information content (AvgIpc) is 3.11. The molecule has 7 nitrogen and oxygen atoms in total. The Morgan fingerprint density at radius 1 is 1.25 bits per heavy atom. The summed E-state index contributed by atoms with van der Waals surface area (Å²) in [6.45, 7) is 6.85. The largest absolute Gasteiger partial charge is 0.378 e. The van der Waals surface area contributed by atoms with E-state index in [2.05, 4.69) is 19.4 Å². The number of carbonyl (C=O) groups is 1. The lowest BCUT2D eigenvalue weighted by atomic mass is 9.82. The van der Waals surface area contributed by atoms with Crippen LogP contribution in [0.3, 0.4) is 0 Å². The smallest absolute Gasteiger partial charge is 0.253 e. The highest BCUT2D eigenvalue weighted by molar-refractivity contribution is 5.94. The van der Waals surface area contributed by atoms with Gasteiger partial charge in [0, 0.05) is 58.1 Å². The Bertz CT molecular complexity index is 845. The minimum Gasteiger partial charge on any atom is -0.378 e. The third kappa shape index (κ3) is 3.03. The number of hydrogen-bond donors (Lipinski definition) is 0. The van der Waals surface area contributed by atoms with Crippen LogP contribution in [0, 0.1) is 0 Å². The number of benzene rings is 1. The van der Waals surface area contributed by atoms with Gasteiger partial charge >= 0.3 is 0 Å². The topological polar surface area (TPSA) is 53.8 Å². The molecule has 0 saturated carbocycles. The third-order valence-corrected chi connectivity index (χ3v) is 6.40. The molecule has 3 saturated heterocycles. The number of aromatic nitrogens is 2. The van der Waals surface area contributed by atoms with Crippen molar-refractivity contribution >= 4 is 5.91 Å². The molecule has 7 heteroatoms. The Morgan fingerprint density at radius 2 is 2.07 bits per heavy atom. The average molecular weight is 381 g/mol. The molecule has 2 aromatic rings. The Labute approximate surface area is 165 Å². The Kier molecular flexibility index (Phi) is 4.45. The second-order valence-electron chi connectivity index (χ2n) is 8.34. The van der Waals surface area contributed by atoms with Crippen molar-refractivity contribution in [1.29, 1.82) is 0 Å². The van der Waals surface area contributed by atoms with Crippen LogP contribution < -0.4 is 0 Å². The van der Waals surface area contributed by atoms with Crippen molar-refractivity contribution in [2.75, 3.05) is 45.9 Å². The molecule has 1 spiro atoms. The summed E-state index contributed by atoms with van der Waals surface area (Å²) < 4.78 is 7.84. The molecule has 28 heavy (non-hydrogen) atoms. The Morgan fingerprint density at radius 3 is 2.82 bits per heavy atom. The van der Waals surface area contributed by atoms with Gasteiger partial charge in [-0.3, -0.25) is 14.6 Å². The van der Waals surface area contributed by atoms with E-state index in [4.69, 9.17) is 4.74 Å². The first-order valence-corrected chi connectivity index (χ1v) is 10.0. The fourth-order valence-corrected chi connectivity index (χ4v) is 5.06. The molecule has 1 atom stereocenters. The molecule has 0 N–H and O–H groups in total. The molecular weight excluding hydrogens is 354 g/mol. The zero-order valence-electron chi connectivity index (χ0n) is 16.3. The predicted molar refractivity (Wildman–Crippen MR) is 105 cm³/mol. The number of fused-ring (bicyclic) bond motifs is 2. The van der Waals surface area contributed by atoms with Gasteiger partial charge in [-0.05, 0) is 12.1 Å². The monoisotopic (exact) mass is 381 g/mol. The van der Waals surface area contributed by atoms with E-state index in [0.717, 1.165) is 51.4 Å². The van der Waals surface area contributed by atoms with Gasteiger partial charge in [0.2, 0.25) is 0 Å². The molecule has 5 rings (SSSR count). The fourth-order valence-electron chi connectivity index (χ4n) is 5.06. The Balaban J connectivity index is 1.34. The number of rotatable bonds is 3. The molecule has 3 aliphatic heterocycles. The maximum Gasteiger partial charge on any atom is 0.253 e. The summed E-state index contributed by atoms with van der Waals surface area (Å²) in [5, 5.41) is 0. The van der Waals surface area contributed by atoms with E-state index in [1.54, 1.807) is 0 Å². The summed E-state index contributed by atoms with van der Waals surface area (Å²) in [6.07, 6.45) is 3.79. The second-order valence-corrected chi connectivity index (χ2v) is 8.34. The number of piperazine rings is 1. The van der Waals surface area contributed by atoms with E-state index in [9.17, 15) is 4.79 Å². The van der Waals surface area contributed by atoms with Gasteiger partial charge < -0.3 is 14.2 Å². The zero-order chi connectivity index (χ0) is 19.1. The van der Waals surface area contributed by atoms with Crippen molar-refractivity contribution in [3.63, 3.8) is 0 Å². The van der Waals surface area contributed by atoms with Crippen LogP contribution in [0.25, 0.3) is 0 Å². The van der Waals surface area contributed by atoms with Gasteiger partial charge in [0.05, 0.1) is 36.8 Å². The summed E-state index contributed by atoms with van der Waals surface area (Å²) in [5.74, 6) is 0.135. The van der Waals surface area contributed by atoms with Crippen molar-refractivity contribution in [3.8, 4) is 0 Å². The van der Waals surface area contributed by atoms with E-state index in [1.807, 2.05) is 54.8 Å². The van der Waals surface area contributed by atoms with Gasteiger partial charge in [0.1, 0.15) is 0 Å². The lowest BCUT2D eigenvalue weighted by molar-refractivity contribution is -0.160. The number of aryl methyl sites for hydroxylation is 1. The maximum absolute atomic E-state index is 13.1. The predicted octanol–water partition coefficient (Wildman–Crippen LogP) is 0.831. The van der Waals surface area contributed by atoms with Crippen molar-refractivity contribution in [1.82, 2.24) is 24.3 Å². The lowest BCUT2D eigenvalue weighted by Crippen LogP contribution is -2.80. The molecule has 4 heterocycles. The summed E-state index contributed by atoms with van der Waals surface area (Å²) in [6, 6.07) is 9.92. The summed E-state index contributed by atoms with van der Waals surface area (Å²) >= 11 is 0. The summed E-state index contributed by atoms with van der Waals surface area (Å²) in [4.78, 5) is 24.5. The Hall–Kier alpha value is -2.22. The van der Waals surface area contributed by atoms with Gasteiger partial charge in [-0.25, -0.2) is 4.98 Å². The van der Waals surface area contributed by atoms with Gasteiger partial charge in [0.15, 0.2) is 0 Å². The van der Waals surface area contributed by atoms with E-state index in [1.165, 1.54) is 5.69 Å². The van der Waals surface area contributed by atoms with Crippen LogP contribution in [-0.2, 0) is 18.3 Å². The van der Waals surface area contributed by atoms with Crippen LogP contribution in [0.15, 0.2) is 42.9 Å². The first-order chi connectivity index (χ1) is 13.6. The quantitative estimate of drug-likeness (QED) is 0.788. The first kappa shape index (κ1) is 17.8. The maximum atomic E-state index is 13.1. The number of nitrogens with zero attached hydrogens (tertiary/aromatic N) is 5. The summed E-state index contributed by atoms with van der Waals surface area (Å²) in [5.41, 5.74) is 2.03. The SMILES string of the molecule is Cn1cncc1CN1CC2(C1)CN(C(=O)c1ccccc1)CC1COCCN12. The molecule has 3 aliphatic rings. The standard InChI is InChI=1S/C21H27N5O2/c1-23-16-22-9-18(23)10-24-13-21(14-24)15-25(11-19-12-28-8-7-26(19)21)20(27)17-5-3-2-4-6-17/h2-6,9,16,19H,7-8,10-15H2,1H3. The van der Waals surface area contributed by atoms with E-state index >= 15 is 0 Å². The minimum absolute atomic E-state index is 0.0374. The molecule has 0 bridgehead atoms. The van der Waals surface area contributed by atoms with Gasteiger partial charge in [-0.2, -0.15) is 0 Å². The van der Waals surface area contributed by atoms with Crippen molar-refractivity contribution in [3.05, 3.63) is 54.1 Å².